The van der Waals surface area contributed by atoms with Crippen LogP contribution >= 0.6 is 0 Å². The molecule has 18 heavy (non-hydrogen) atoms. The SMILES string of the molecule is C/C=C/[C@H](CC)ON1C(=O)c2ccccc2C1=O. The fourth-order valence-corrected chi connectivity index (χ4v) is 1.86. The van der Waals surface area contributed by atoms with Crippen molar-refractivity contribution in [2.75, 3.05) is 0 Å². The van der Waals surface area contributed by atoms with E-state index in [1.54, 1.807) is 24.3 Å². The van der Waals surface area contributed by atoms with E-state index in [0.29, 0.717) is 17.5 Å². The van der Waals surface area contributed by atoms with Gasteiger partial charge in [0, 0.05) is 0 Å². The molecule has 0 aliphatic carbocycles. The summed E-state index contributed by atoms with van der Waals surface area (Å²) in [5, 5.41) is 0.860. The van der Waals surface area contributed by atoms with Gasteiger partial charge >= 0.3 is 0 Å². The van der Waals surface area contributed by atoms with E-state index in [4.69, 9.17) is 4.84 Å². The Labute approximate surface area is 106 Å². The number of hydroxylamine groups is 2. The van der Waals surface area contributed by atoms with Gasteiger partial charge in [0.05, 0.1) is 11.1 Å². The molecule has 4 nitrogen and oxygen atoms in total. The molecule has 1 atom stereocenters. The molecule has 1 aromatic carbocycles. The summed E-state index contributed by atoms with van der Waals surface area (Å²) in [6.45, 7) is 3.80. The summed E-state index contributed by atoms with van der Waals surface area (Å²) < 4.78 is 0. The molecule has 2 amide bonds. The van der Waals surface area contributed by atoms with Gasteiger partial charge in [-0.05, 0) is 25.5 Å². The predicted octanol–water partition coefficient (Wildman–Crippen LogP) is 2.57. The van der Waals surface area contributed by atoms with Crippen molar-refractivity contribution in [2.24, 2.45) is 0 Å². The minimum Gasteiger partial charge on any atom is -0.266 e. The molecule has 0 saturated heterocycles. The summed E-state index contributed by atoms with van der Waals surface area (Å²) in [6, 6.07) is 6.73. The average molecular weight is 245 g/mol. The molecule has 0 saturated carbocycles. The van der Waals surface area contributed by atoms with Crippen LogP contribution in [0, 0.1) is 0 Å². The molecule has 4 heteroatoms. The summed E-state index contributed by atoms with van der Waals surface area (Å²) in [6.07, 6.45) is 4.09. The summed E-state index contributed by atoms with van der Waals surface area (Å²) in [5.74, 6) is -0.780. The summed E-state index contributed by atoms with van der Waals surface area (Å²) >= 11 is 0. The predicted molar refractivity (Wildman–Crippen MR) is 66.9 cm³/mol. The van der Waals surface area contributed by atoms with Crippen LogP contribution < -0.4 is 0 Å². The zero-order valence-corrected chi connectivity index (χ0v) is 10.4. The number of nitrogens with zero attached hydrogens (tertiary/aromatic N) is 1. The Morgan fingerprint density at radius 2 is 1.78 bits per heavy atom. The first-order chi connectivity index (χ1) is 8.69. The number of hydrogen-bond donors (Lipinski definition) is 0. The lowest BCUT2D eigenvalue weighted by Crippen LogP contribution is -2.33. The van der Waals surface area contributed by atoms with Crippen LogP contribution in [0.5, 0.6) is 0 Å². The highest BCUT2D eigenvalue weighted by atomic mass is 16.7. The monoisotopic (exact) mass is 245 g/mol. The Balaban J connectivity index is 2.23. The van der Waals surface area contributed by atoms with Crippen molar-refractivity contribution in [3.8, 4) is 0 Å². The van der Waals surface area contributed by atoms with Crippen LogP contribution in [0.25, 0.3) is 0 Å². The van der Waals surface area contributed by atoms with Crippen LogP contribution in [0.1, 0.15) is 41.0 Å². The fraction of sp³-hybridized carbons (Fsp3) is 0.286. The van der Waals surface area contributed by atoms with Gasteiger partial charge in [-0.1, -0.05) is 31.2 Å². The number of carbonyl (C=O) groups excluding carboxylic acids is 2. The first kappa shape index (κ1) is 12.5. The van der Waals surface area contributed by atoms with E-state index < -0.39 is 11.8 Å². The Morgan fingerprint density at radius 1 is 1.22 bits per heavy atom. The fourth-order valence-electron chi connectivity index (χ4n) is 1.86. The number of fused-ring (bicyclic) bond motifs is 1. The maximum absolute atomic E-state index is 12.0. The maximum Gasteiger partial charge on any atom is 0.285 e. The number of rotatable bonds is 4. The van der Waals surface area contributed by atoms with Gasteiger partial charge in [-0.25, -0.2) is 0 Å². The van der Waals surface area contributed by atoms with E-state index in [1.807, 2.05) is 26.0 Å². The van der Waals surface area contributed by atoms with Gasteiger partial charge in [0.15, 0.2) is 0 Å². The van der Waals surface area contributed by atoms with Gasteiger partial charge in [-0.3, -0.25) is 14.4 Å². The normalized spacial score (nSPS) is 16.4. The maximum atomic E-state index is 12.0. The Bertz CT molecular complexity index is 473. The van der Waals surface area contributed by atoms with Gasteiger partial charge in [0.2, 0.25) is 0 Å². The van der Waals surface area contributed by atoms with Crippen molar-refractivity contribution in [2.45, 2.75) is 26.4 Å². The second kappa shape index (κ2) is 5.14. The molecule has 0 radical (unpaired) electrons. The summed E-state index contributed by atoms with van der Waals surface area (Å²) in [4.78, 5) is 29.5. The Kier molecular flexibility index (Phi) is 3.58. The smallest absolute Gasteiger partial charge is 0.266 e. The Morgan fingerprint density at radius 3 is 2.22 bits per heavy atom. The van der Waals surface area contributed by atoms with Crippen LogP contribution in [-0.2, 0) is 4.84 Å². The van der Waals surface area contributed by atoms with Crippen molar-refractivity contribution in [3.63, 3.8) is 0 Å². The van der Waals surface area contributed by atoms with Gasteiger partial charge in [0.1, 0.15) is 6.10 Å². The van der Waals surface area contributed by atoms with E-state index in [2.05, 4.69) is 0 Å². The molecule has 1 heterocycles. The van der Waals surface area contributed by atoms with Crippen LogP contribution in [-0.4, -0.2) is 23.0 Å². The van der Waals surface area contributed by atoms with Gasteiger partial charge in [-0.15, -0.1) is 5.06 Å². The lowest BCUT2D eigenvalue weighted by molar-refractivity contribution is -0.117. The van der Waals surface area contributed by atoms with Crippen LogP contribution in [0.15, 0.2) is 36.4 Å². The minimum absolute atomic E-state index is 0.266. The van der Waals surface area contributed by atoms with Gasteiger partial charge in [-0.2, -0.15) is 0 Å². The number of carbonyl (C=O) groups is 2. The Hall–Kier alpha value is -1.94. The first-order valence-electron chi connectivity index (χ1n) is 5.96. The third-order valence-electron chi connectivity index (χ3n) is 2.81. The molecule has 0 spiro atoms. The molecule has 0 fully saturated rings. The second-order valence-corrected chi connectivity index (χ2v) is 4.03. The molecule has 0 bridgehead atoms. The topological polar surface area (TPSA) is 46.6 Å². The molecular weight excluding hydrogens is 230 g/mol. The quantitative estimate of drug-likeness (QED) is 0.605. The number of imide groups is 1. The average Bonchev–Trinajstić information content (AvgIpc) is 2.64. The molecule has 1 aliphatic heterocycles. The van der Waals surface area contributed by atoms with E-state index in [9.17, 15) is 9.59 Å². The second-order valence-electron chi connectivity index (χ2n) is 4.03. The van der Waals surface area contributed by atoms with Crippen molar-refractivity contribution >= 4 is 11.8 Å². The molecule has 1 aromatic rings. The van der Waals surface area contributed by atoms with Crippen LogP contribution in [0.2, 0.25) is 0 Å². The highest BCUT2D eigenvalue weighted by Crippen LogP contribution is 2.23. The molecule has 94 valence electrons. The van der Waals surface area contributed by atoms with E-state index in [1.165, 1.54) is 0 Å². The zero-order valence-electron chi connectivity index (χ0n) is 10.4. The first-order valence-corrected chi connectivity index (χ1v) is 5.96. The largest absolute Gasteiger partial charge is 0.285 e. The zero-order chi connectivity index (χ0) is 13.1. The molecule has 0 aromatic heterocycles. The highest BCUT2D eigenvalue weighted by Gasteiger charge is 2.37. The standard InChI is InChI=1S/C14H15NO3/c1-3-7-10(4-2)18-15-13(16)11-8-5-6-9-12(11)14(15)17/h3,5-10H,4H2,1-2H3/b7-3+/t10-/m0/s1. The third-order valence-corrected chi connectivity index (χ3v) is 2.81. The number of benzene rings is 1. The minimum atomic E-state index is -0.390. The highest BCUT2D eigenvalue weighted by molar-refractivity contribution is 6.20. The van der Waals surface area contributed by atoms with Crippen molar-refractivity contribution < 1.29 is 14.4 Å². The third kappa shape index (κ3) is 2.07. The number of amides is 2. The lowest BCUT2D eigenvalue weighted by Gasteiger charge is -2.18. The van der Waals surface area contributed by atoms with E-state index >= 15 is 0 Å². The van der Waals surface area contributed by atoms with Crippen LogP contribution in [0.4, 0.5) is 0 Å². The molecule has 0 N–H and O–H groups in total. The molecule has 0 unspecified atom stereocenters. The van der Waals surface area contributed by atoms with Crippen molar-refractivity contribution in [1.82, 2.24) is 5.06 Å². The van der Waals surface area contributed by atoms with Crippen LogP contribution in [0.3, 0.4) is 0 Å². The van der Waals surface area contributed by atoms with Crippen molar-refractivity contribution in [3.05, 3.63) is 47.5 Å². The lowest BCUT2D eigenvalue weighted by atomic mass is 10.1. The summed E-state index contributed by atoms with van der Waals surface area (Å²) in [5.41, 5.74) is 0.802. The number of allylic oxidation sites excluding steroid dienone is 1. The van der Waals surface area contributed by atoms with Crippen molar-refractivity contribution in [1.29, 1.82) is 0 Å². The van der Waals surface area contributed by atoms with Gasteiger partial charge in [0.25, 0.3) is 11.8 Å². The molecule has 1 aliphatic rings. The van der Waals surface area contributed by atoms with Gasteiger partial charge < -0.3 is 0 Å². The van der Waals surface area contributed by atoms with E-state index in [0.717, 1.165) is 5.06 Å². The molecule has 2 rings (SSSR count). The molecular formula is C14H15NO3. The number of hydrogen-bond acceptors (Lipinski definition) is 3. The summed E-state index contributed by atoms with van der Waals surface area (Å²) in [7, 11) is 0. The van der Waals surface area contributed by atoms with E-state index in [-0.39, 0.29) is 6.10 Å².